The Morgan fingerprint density at radius 1 is 1.24 bits per heavy atom. The Kier molecular flexibility index (Phi) is 5.14. The standard InChI is InChI=1S/C16H18FNO3/c1-20-13-6-2-4-11(8-13)15(19)10-21-16-12(9-18)5-3-7-14(16)17/h2-8,15,19H,9-10,18H2,1H3. The zero-order valence-corrected chi connectivity index (χ0v) is 11.8. The topological polar surface area (TPSA) is 64.7 Å². The quantitative estimate of drug-likeness (QED) is 0.858. The summed E-state index contributed by atoms with van der Waals surface area (Å²) in [4.78, 5) is 0. The molecule has 3 N–H and O–H groups in total. The first-order valence-electron chi connectivity index (χ1n) is 6.58. The summed E-state index contributed by atoms with van der Waals surface area (Å²) in [6.07, 6.45) is -0.884. The van der Waals surface area contributed by atoms with E-state index < -0.39 is 11.9 Å². The summed E-state index contributed by atoms with van der Waals surface area (Å²) in [7, 11) is 1.55. The van der Waals surface area contributed by atoms with Crippen molar-refractivity contribution in [3.63, 3.8) is 0 Å². The van der Waals surface area contributed by atoms with E-state index in [4.69, 9.17) is 15.2 Å². The number of ether oxygens (including phenoxy) is 2. The van der Waals surface area contributed by atoms with Crippen molar-refractivity contribution in [2.75, 3.05) is 13.7 Å². The first-order chi connectivity index (χ1) is 10.2. The second-order valence-corrected chi connectivity index (χ2v) is 4.54. The minimum Gasteiger partial charge on any atom is -0.497 e. The third-order valence-corrected chi connectivity index (χ3v) is 3.13. The van der Waals surface area contributed by atoms with Crippen molar-refractivity contribution in [1.82, 2.24) is 0 Å². The van der Waals surface area contributed by atoms with Gasteiger partial charge in [0.15, 0.2) is 11.6 Å². The summed E-state index contributed by atoms with van der Waals surface area (Å²) >= 11 is 0. The number of rotatable bonds is 6. The largest absolute Gasteiger partial charge is 0.497 e. The molecule has 0 saturated heterocycles. The second kappa shape index (κ2) is 7.06. The molecule has 5 heteroatoms. The molecule has 112 valence electrons. The number of para-hydroxylation sites is 1. The molecule has 2 aromatic rings. The Balaban J connectivity index is 2.09. The molecule has 0 saturated carbocycles. The number of hydrogen-bond acceptors (Lipinski definition) is 4. The van der Waals surface area contributed by atoms with Gasteiger partial charge in [-0.05, 0) is 23.8 Å². The molecule has 2 rings (SSSR count). The van der Waals surface area contributed by atoms with Gasteiger partial charge in [0.2, 0.25) is 0 Å². The Morgan fingerprint density at radius 2 is 2.00 bits per heavy atom. The summed E-state index contributed by atoms with van der Waals surface area (Å²) in [6.45, 7) is 0.101. The van der Waals surface area contributed by atoms with E-state index in [1.807, 2.05) is 0 Å². The summed E-state index contributed by atoms with van der Waals surface area (Å²) in [6, 6.07) is 11.6. The molecule has 0 aliphatic carbocycles. The number of halogens is 1. The molecule has 0 spiro atoms. The van der Waals surface area contributed by atoms with E-state index >= 15 is 0 Å². The third kappa shape index (κ3) is 3.71. The molecule has 0 aliphatic heterocycles. The fraction of sp³-hybridized carbons (Fsp3) is 0.250. The van der Waals surface area contributed by atoms with Crippen LogP contribution in [0.25, 0.3) is 0 Å². The molecule has 0 amide bonds. The molecule has 1 unspecified atom stereocenters. The zero-order valence-electron chi connectivity index (χ0n) is 11.8. The van der Waals surface area contributed by atoms with E-state index in [2.05, 4.69) is 0 Å². The lowest BCUT2D eigenvalue weighted by atomic mass is 10.1. The van der Waals surface area contributed by atoms with Gasteiger partial charge in [0.1, 0.15) is 18.5 Å². The maximum atomic E-state index is 13.7. The van der Waals surface area contributed by atoms with Crippen LogP contribution in [0.1, 0.15) is 17.2 Å². The van der Waals surface area contributed by atoms with Crippen LogP contribution < -0.4 is 15.2 Å². The summed E-state index contributed by atoms with van der Waals surface area (Å²) in [5.41, 5.74) is 6.75. The normalized spacial score (nSPS) is 12.0. The van der Waals surface area contributed by atoms with Crippen molar-refractivity contribution in [3.05, 3.63) is 59.4 Å². The van der Waals surface area contributed by atoms with E-state index in [0.717, 1.165) is 0 Å². The van der Waals surface area contributed by atoms with Crippen molar-refractivity contribution in [2.45, 2.75) is 12.6 Å². The highest BCUT2D eigenvalue weighted by atomic mass is 19.1. The predicted octanol–water partition coefficient (Wildman–Crippen LogP) is 2.41. The highest BCUT2D eigenvalue weighted by molar-refractivity contribution is 5.35. The van der Waals surface area contributed by atoms with E-state index in [9.17, 15) is 9.50 Å². The summed E-state index contributed by atoms with van der Waals surface area (Å²) in [5, 5.41) is 10.1. The summed E-state index contributed by atoms with van der Waals surface area (Å²) in [5.74, 6) is 0.234. The monoisotopic (exact) mass is 291 g/mol. The van der Waals surface area contributed by atoms with E-state index in [-0.39, 0.29) is 18.9 Å². The van der Waals surface area contributed by atoms with Crippen molar-refractivity contribution in [3.8, 4) is 11.5 Å². The smallest absolute Gasteiger partial charge is 0.165 e. The van der Waals surface area contributed by atoms with Gasteiger partial charge in [-0.3, -0.25) is 0 Å². The van der Waals surface area contributed by atoms with Crippen LogP contribution in [-0.2, 0) is 6.54 Å². The Hall–Kier alpha value is -2.11. The predicted molar refractivity (Wildman–Crippen MR) is 77.7 cm³/mol. The highest BCUT2D eigenvalue weighted by Crippen LogP contribution is 2.25. The van der Waals surface area contributed by atoms with Crippen molar-refractivity contribution in [2.24, 2.45) is 5.73 Å². The molecule has 0 radical (unpaired) electrons. The van der Waals surface area contributed by atoms with Crippen LogP contribution in [0.2, 0.25) is 0 Å². The molecule has 21 heavy (non-hydrogen) atoms. The van der Waals surface area contributed by atoms with Crippen LogP contribution in [-0.4, -0.2) is 18.8 Å². The molecule has 0 heterocycles. The molecule has 0 bridgehead atoms. The Labute approximate surface area is 122 Å². The van der Waals surface area contributed by atoms with Crippen molar-refractivity contribution < 1.29 is 19.0 Å². The minimum atomic E-state index is -0.884. The average Bonchev–Trinajstić information content (AvgIpc) is 2.53. The lowest BCUT2D eigenvalue weighted by Crippen LogP contribution is -2.12. The first kappa shape index (κ1) is 15.3. The maximum absolute atomic E-state index is 13.7. The number of aliphatic hydroxyl groups is 1. The average molecular weight is 291 g/mol. The van der Waals surface area contributed by atoms with Crippen LogP contribution in [0, 0.1) is 5.82 Å². The lowest BCUT2D eigenvalue weighted by Gasteiger charge is -2.15. The van der Waals surface area contributed by atoms with Gasteiger partial charge in [-0.25, -0.2) is 4.39 Å². The molecule has 2 aromatic carbocycles. The van der Waals surface area contributed by atoms with Crippen molar-refractivity contribution in [1.29, 1.82) is 0 Å². The van der Waals surface area contributed by atoms with Crippen LogP contribution >= 0.6 is 0 Å². The number of nitrogens with two attached hydrogens (primary N) is 1. The van der Waals surface area contributed by atoms with Crippen LogP contribution in [0.3, 0.4) is 0 Å². The second-order valence-electron chi connectivity index (χ2n) is 4.54. The molecule has 0 aromatic heterocycles. The fourth-order valence-corrected chi connectivity index (χ4v) is 1.98. The van der Waals surface area contributed by atoms with E-state index in [0.29, 0.717) is 16.9 Å². The zero-order chi connectivity index (χ0) is 15.2. The molecule has 0 fully saturated rings. The molecular formula is C16H18FNO3. The fourth-order valence-electron chi connectivity index (χ4n) is 1.98. The lowest BCUT2D eigenvalue weighted by molar-refractivity contribution is 0.105. The molecule has 4 nitrogen and oxygen atoms in total. The van der Waals surface area contributed by atoms with Gasteiger partial charge in [0, 0.05) is 12.1 Å². The number of methoxy groups -OCH3 is 1. The molecule has 1 atom stereocenters. The maximum Gasteiger partial charge on any atom is 0.165 e. The number of aliphatic hydroxyl groups excluding tert-OH is 1. The van der Waals surface area contributed by atoms with Gasteiger partial charge in [-0.15, -0.1) is 0 Å². The van der Waals surface area contributed by atoms with E-state index in [1.54, 1.807) is 43.5 Å². The molecular weight excluding hydrogens is 273 g/mol. The Bertz CT molecular complexity index is 604. The van der Waals surface area contributed by atoms with Crippen LogP contribution in [0.15, 0.2) is 42.5 Å². The van der Waals surface area contributed by atoms with E-state index in [1.165, 1.54) is 6.07 Å². The number of hydrogen-bond donors (Lipinski definition) is 2. The minimum absolute atomic E-state index is 0.0684. The van der Waals surface area contributed by atoms with Gasteiger partial charge in [0.05, 0.1) is 7.11 Å². The highest BCUT2D eigenvalue weighted by Gasteiger charge is 2.13. The summed E-state index contributed by atoms with van der Waals surface area (Å²) < 4.78 is 24.2. The van der Waals surface area contributed by atoms with Gasteiger partial charge in [-0.1, -0.05) is 24.3 Å². The SMILES string of the molecule is COc1cccc(C(O)COc2c(F)cccc2CN)c1. The molecule has 0 aliphatic rings. The first-order valence-corrected chi connectivity index (χ1v) is 6.58. The van der Waals surface area contributed by atoms with Gasteiger partial charge in [0.25, 0.3) is 0 Å². The number of benzene rings is 2. The third-order valence-electron chi connectivity index (χ3n) is 3.13. The van der Waals surface area contributed by atoms with Crippen LogP contribution in [0.4, 0.5) is 4.39 Å². The van der Waals surface area contributed by atoms with Crippen LogP contribution in [0.5, 0.6) is 11.5 Å². The van der Waals surface area contributed by atoms with Gasteiger partial charge in [-0.2, -0.15) is 0 Å². The van der Waals surface area contributed by atoms with Crippen molar-refractivity contribution >= 4 is 0 Å². The Morgan fingerprint density at radius 3 is 2.71 bits per heavy atom. The van der Waals surface area contributed by atoms with Gasteiger partial charge >= 0.3 is 0 Å². The van der Waals surface area contributed by atoms with Gasteiger partial charge < -0.3 is 20.3 Å².